The van der Waals surface area contributed by atoms with Crippen molar-refractivity contribution in [1.82, 2.24) is 5.32 Å². The molecule has 2 nitrogen and oxygen atoms in total. The van der Waals surface area contributed by atoms with Gasteiger partial charge in [0.25, 0.3) is 0 Å². The van der Waals surface area contributed by atoms with E-state index < -0.39 is 0 Å². The summed E-state index contributed by atoms with van der Waals surface area (Å²) >= 11 is 0. The van der Waals surface area contributed by atoms with Gasteiger partial charge in [-0.15, -0.1) is 0 Å². The third-order valence-corrected chi connectivity index (χ3v) is 3.15. The SMILES string of the molecule is CC(N)(CNCC1CC1)C1CC1. The van der Waals surface area contributed by atoms with E-state index in [0.717, 1.165) is 18.4 Å². The van der Waals surface area contributed by atoms with E-state index in [9.17, 15) is 0 Å². The molecule has 2 aliphatic carbocycles. The van der Waals surface area contributed by atoms with E-state index in [4.69, 9.17) is 5.73 Å². The molecule has 2 saturated carbocycles. The van der Waals surface area contributed by atoms with Gasteiger partial charge in [-0.25, -0.2) is 0 Å². The molecule has 0 aliphatic heterocycles. The van der Waals surface area contributed by atoms with Crippen LogP contribution in [0.3, 0.4) is 0 Å². The van der Waals surface area contributed by atoms with E-state index in [2.05, 4.69) is 12.2 Å². The predicted octanol–water partition coefficient (Wildman–Crippen LogP) is 1.11. The van der Waals surface area contributed by atoms with Gasteiger partial charge >= 0.3 is 0 Å². The molecule has 3 N–H and O–H groups in total. The molecule has 0 saturated heterocycles. The van der Waals surface area contributed by atoms with Gasteiger partial charge in [0, 0.05) is 12.1 Å². The standard InChI is InChI=1S/C10H20N2/c1-10(11,9-4-5-9)7-12-6-8-2-3-8/h8-9,12H,2-7,11H2,1H3. The molecule has 0 aromatic heterocycles. The number of hydrogen-bond acceptors (Lipinski definition) is 2. The summed E-state index contributed by atoms with van der Waals surface area (Å²) in [6.07, 6.45) is 5.55. The topological polar surface area (TPSA) is 38.0 Å². The first-order valence-corrected chi connectivity index (χ1v) is 5.18. The maximum Gasteiger partial charge on any atom is 0.0280 e. The van der Waals surface area contributed by atoms with Crippen molar-refractivity contribution < 1.29 is 0 Å². The summed E-state index contributed by atoms with van der Waals surface area (Å²) in [5, 5.41) is 3.48. The first kappa shape index (κ1) is 8.52. The van der Waals surface area contributed by atoms with E-state index in [1.54, 1.807) is 0 Å². The van der Waals surface area contributed by atoms with Gasteiger partial charge in [-0.2, -0.15) is 0 Å². The zero-order valence-corrected chi connectivity index (χ0v) is 7.97. The lowest BCUT2D eigenvalue weighted by atomic mass is 9.97. The maximum absolute atomic E-state index is 6.17. The molecule has 2 fully saturated rings. The molecule has 1 unspecified atom stereocenters. The minimum atomic E-state index is 0.0644. The largest absolute Gasteiger partial charge is 0.324 e. The van der Waals surface area contributed by atoms with E-state index >= 15 is 0 Å². The Bertz CT molecular complexity index is 157. The highest BCUT2D eigenvalue weighted by Crippen LogP contribution is 2.37. The average molecular weight is 168 g/mol. The van der Waals surface area contributed by atoms with Gasteiger partial charge in [-0.3, -0.25) is 0 Å². The molecular weight excluding hydrogens is 148 g/mol. The van der Waals surface area contributed by atoms with Crippen LogP contribution in [0.15, 0.2) is 0 Å². The molecule has 12 heavy (non-hydrogen) atoms. The minimum absolute atomic E-state index is 0.0644. The molecule has 0 spiro atoms. The summed E-state index contributed by atoms with van der Waals surface area (Å²) in [6.45, 7) is 4.39. The Morgan fingerprint density at radius 2 is 2.00 bits per heavy atom. The maximum atomic E-state index is 6.17. The highest BCUT2D eigenvalue weighted by Gasteiger charge is 2.38. The molecule has 1 atom stereocenters. The van der Waals surface area contributed by atoms with E-state index in [0.29, 0.717) is 0 Å². The van der Waals surface area contributed by atoms with E-state index in [1.165, 1.54) is 32.2 Å². The summed E-state index contributed by atoms with van der Waals surface area (Å²) in [5.74, 6) is 1.77. The lowest BCUT2D eigenvalue weighted by Gasteiger charge is -2.24. The summed E-state index contributed by atoms with van der Waals surface area (Å²) in [7, 11) is 0. The Kier molecular flexibility index (Phi) is 2.13. The fourth-order valence-electron chi connectivity index (χ4n) is 1.75. The van der Waals surface area contributed by atoms with Crippen molar-refractivity contribution >= 4 is 0 Å². The van der Waals surface area contributed by atoms with Crippen LogP contribution in [0.2, 0.25) is 0 Å². The van der Waals surface area contributed by atoms with Gasteiger partial charge in [-0.05, 0) is 51.0 Å². The quantitative estimate of drug-likeness (QED) is 0.645. The second kappa shape index (κ2) is 3.00. The van der Waals surface area contributed by atoms with Gasteiger partial charge in [0.1, 0.15) is 0 Å². The van der Waals surface area contributed by atoms with Crippen molar-refractivity contribution in [1.29, 1.82) is 0 Å². The van der Waals surface area contributed by atoms with Crippen molar-refractivity contribution in [3.8, 4) is 0 Å². The minimum Gasteiger partial charge on any atom is -0.324 e. The predicted molar refractivity (Wildman–Crippen MR) is 50.9 cm³/mol. The van der Waals surface area contributed by atoms with Crippen LogP contribution in [-0.2, 0) is 0 Å². The monoisotopic (exact) mass is 168 g/mol. The zero-order chi connectivity index (χ0) is 8.60. The normalized spacial score (nSPS) is 28.5. The summed E-state index contributed by atoms with van der Waals surface area (Å²) in [5.41, 5.74) is 6.23. The zero-order valence-electron chi connectivity index (χ0n) is 7.97. The van der Waals surface area contributed by atoms with Crippen molar-refractivity contribution in [2.75, 3.05) is 13.1 Å². The fraction of sp³-hybridized carbons (Fsp3) is 1.00. The van der Waals surface area contributed by atoms with Crippen LogP contribution < -0.4 is 11.1 Å². The van der Waals surface area contributed by atoms with Gasteiger partial charge in [0.15, 0.2) is 0 Å². The van der Waals surface area contributed by atoms with Crippen LogP contribution in [-0.4, -0.2) is 18.6 Å². The molecular formula is C10H20N2. The number of hydrogen-bond donors (Lipinski definition) is 2. The summed E-state index contributed by atoms with van der Waals surface area (Å²) in [4.78, 5) is 0. The Labute approximate surface area is 74.9 Å². The number of nitrogens with two attached hydrogens (primary N) is 1. The van der Waals surface area contributed by atoms with Crippen LogP contribution >= 0.6 is 0 Å². The Morgan fingerprint density at radius 1 is 1.33 bits per heavy atom. The number of rotatable bonds is 5. The van der Waals surface area contributed by atoms with Crippen LogP contribution in [0.4, 0.5) is 0 Å². The van der Waals surface area contributed by atoms with Crippen LogP contribution in [0.5, 0.6) is 0 Å². The number of nitrogens with one attached hydrogen (secondary N) is 1. The molecule has 0 amide bonds. The molecule has 0 bridgehead atoms. The molecule has 2 heteroatoms. The van der Waals surface area contributed by atoms with Gasteiger partial charge in [0.05, 0.1) is 0 Å². The van der Waals surface area contributed by atoms with Gasteiger partial charge in [-0.1, -0.05) is 0 Å². The Balaban J connectivity index is 1.62. The molecule has 2 rings (SSSR count). The lowest BCUT2D eigenvalue weighted by molar-refractivity contribution is 0.378. The van der Waals surface area contributed by atoms with Crippen LogP contribution in [0, 0.1) is 11.8 Å². The van der Waals surface area contributed by atoms with Crippen molar-refractivity contribution in [2.45, 2.75) is 38.1 Å². The van der Waals surface area contributed by atoms with Crippen LogP contribution in [0.25, 0.3) is 0 Å². The van der Waals surface area contributed by atoms with Crippen molar-refractivity contribution in [3.63, 3.8) is 0 Å². The van der Waals surface area contributed by atoms with Crippen molar-refractivity contribution in [2.24, 2.45) is 17.6 Å². The molecule has 0 radical (unpaired) electrons. The van der Waals surface area contributed by atoms with E-state index in [1.807, 2.05) is 0 Å². The first-order chi connectivity index (χ1) is 5.68. The molecule has 0 heterocycles. The lowest BCUT2D eigenvalue weighted by Crippen LogP contribution is -2.48. The highest BCUT2D eigenvalue weighted by atomic mass is 14.9. The first-order valence-electron chi connectivity index (χ1n) is 5.18. The van der Waals surface area contributed by atoms with Crippen LogP contribution in [0.1, 0.15) is 32.6 Å². The molecule has 0 aromatic carbocycles. The average Bonchev–Trinajstić information content (AvgIpc) is 2.84. The third kappa shape index (κ3) is 2.20. The fourth-order valence-corrected chi connectivity index (χ4v) is 1.75. The van der Waals surface area contributed by atoms with E-state index in [-0.39, 0.29) is 5.54 Å². The molecule has 2 aliphatic rings. The Morgan fingerprint density at radius 3 is 2.50 bits per heavy atom. The molecule has 70 valence electrons. The van der Waals surface area contributed by atoms with Crippen molar-refractivity contribution in [3.05, 3.63) is 0 Å². The second-order valence-electron chi connectivity index (χ2n) is 4.85. The van der Waals surface area contributed by atoms with Gasteiger partial charge in [0.2, 0.25) is 0 Å². The Hall–Kier alpha value is -0.0800. The second-order valence-corrected chi connectivity index (χ2v) is 4.85. The van der Waals surface area contributed by atoms with Gasteiger partial charge < -0.3 is 11.1 Å². The molecule has 0 aromatic rings. The summed E-state index contributed by atoms with van der Waals surface area (Å²) in [6, 6.07) is 0. The highest BCUT2D eigenvalue weighted by molar-refractivity contribution is 4.96. The summed E-state index contributed by atoms with van der Waals surface area (Å²) < 4.78 is 0. The third-order valence-electron chi connectivity index (χ3n) is 3.15. The smallest absolute Gasteiger partial charge is 0.0280 e.